The molecule has 1 atom stereocenters. The predicted molar refractivity (Wildman–Crippen MR) is 86.7 cm³/mol. The molecule has 0 unspecified atom stereocenters. The standard InChI is InChI=1S/C15H17BFNO4S/c1-3-21-14-4-10(11(17)5-13(14)20-2)15-18-12(8-23-15)9-6-16(19)22-7-9/h4-5,8-9,19H,3,6-7H2,1-2H3/t9-/m0/s1. The van der Waals surface area contributed by atoms with Gasteiger partial charge in [0.2, 0.25) is 0 Å². The van der Waals surface area contributed by atoms with Gasteiger partial charge in [0.1, 0.15) is 10.8 Å². The fourth-order valence-corrected chi connectivity index (χ4v) is 3.46. The highest BCUT2D eigenvalue weighted by Crippen LogP contribution is 2.38. The summed E-state index contributed by atoms with van der Waals surface area (Å²) in [6.07, 6.45) is 0.512. The van der Waals surface area contributed by atoms with Crippen molar-refractivity contribution in [1.82, 2.24) is 4.98 Å². The van der Waals surface area contributed by atoms with E-state index in [4.69, 9.17) is 14.1 Å². The van der Waals surface area contributed by atoms with Gasteiger partial charge >= 0.3 is 7.12 Å². The Morgan fingerprint density at radius 2 is 2.30 bits per heavy atom. The molecule has 0 bridgehead atoms. The summed E-state index contributed by atoms with van der Waals surface area (Å²) in [5.74, 6) is 0.483. The van der Waals surface area contributed by atoms with Gasteiger partial charge in [0, 0.05) is 24.0 Å². The molecule has 1 fully saturated rings. The number of aromatic nitrogens is 1. The van der Waals surface area contributed by atoms with E-state index in [2.05, 4.69) is 4.98 Å². The van der Waals surface area contributed by atoms with Gasteiger partial charge in [-0.25, -0.2) is 9.37 Å². The molecule has 0 aliphatic carbocycles. The first-order chi connectivity index (χ1) is 11.1. The van der Waals surface area contributed by atoms with Gasteiger partial charge in [-0.05, 0) is 19.3 Å². The van der Waals surface area contributed by atoms with E-state index in [9.17, 15) is 9.41 Å². The predicted octanol–water partition coefficient (Wildman–Crippen LogP) is 2.95. The average Bonchev–Trinajstić information content (AvgIpc) is 3.17. The van der Waals surface area contributed by atoms with Gasteiger partial charge in [-0.3, -0.25) is 0 Å². The van der Waals surface area contributed by atoms with Crippen molar-refractivity contribution < 1.29 is 23.5 Å². The Morgan fingerprint density at radius 3 is 2.96 bits per heavy atom. The van der Waals surface area contributed by atoms with Crippen LogP contribution in [0.5, 0.6) is 11.5 Å². The SMILES string of the molecule is CCOc1cc(-c2nc([C@@H]3COB(O)C3)cs2)c(F)cc1OC. The van der Waals surface area contributed by atoms with Gasteiger partial charge in [0.15, 0.2) is 11.5 Å². The van der Waals surface area contributed by atoms with Gasteiger partial charge < -0.3 is 19.2 Å². The quantitative estimate of drug-likeness (QED) is 0.850. The maximum Gasteiger partial charge on any atom is 0.454 e. The van der Waals surface area contributed by atoms with Crippen LogP contribution < -0.4 is 9.47 Å². The Bertz CT molecular complexity index is 696. The van der Waals surface area contributed by atoms with E-state index < -0.39 is 12.9 Å². The molecule has 1 aliphatic heterocycles. The molecule has 8 heteroatoms. The lowest BCUT2D eigenvalue weighted by Crippen LogP contribution is -2.07. The zero-order chi connectivity index (χ0) is 16.4. The van der Waals surface area contributed by atoms with Crippen LogP contribution in [0.4, 0.5) is 4.39 Å². The minimum Gasteiger partial charge on any atom is -0.493 e. The van der Waals surface area contributed by atoms with Crippen LogP contribution in [0.15, 0.2) is 17.5 Å². The molecule has 1 aliphatic rings. The fraction of sp³-hybridized carbons (Fsp3) is 0.400. The Kier molecular flexibility index (Phi) is 4.84. The number of methoxy groups -OCH3 is 1. The van der Waals surface area contributed by atoms with Crippen molar-refractivity contribution in [3.63, 3.8) is 0 Å². The van der Waals surface area contributed by atoms with Gasteiger partial charge in [-0.1, -0.05) is 0 Å². The molecular weight excluding hydrogens is 320 g/mol. The van der Waals surface area contributed by atoms with Gasteiger partial charge in [-0.15, -0.1) is 11.3 Å². The molecule has 5 nitrogen and oxygen atoms in total. The van der Waals surface area contributed by atoms with Crippen LogP contribution in [0.1, 0.15) is 18.5 Å². The van der Waals surface area contributed by atoms with Crippen molar-refractivity contribution in [3.8, 4) is 22.1 Å². The second-order valence-electron chi connectivity index (χ2n) is 5.21. The monoisotopic (exact) mass is 337 g/mol. The van der Waals surface area contributed by atoms with Crippen molar-refractivity contribution >= 4 is 18.5 Å². The highest BCUT2D eigenvalue weighted by molar-refractivity contribution is 7.13. The topological polar surface area (TPSA) is 60.8 Å². The second-order valence-corrected chi connectivity index (χ2v) is 6.07. The Balaban J connectivity index is 1.92. The van der Waals surface area contributed by atoms with E-state index in [-0.39, 0.29) is 5.92 Å². The summed E-state index contributed by atoms with van der Waals surface area (Å²) in [5, 5.41) is 11.9. The molecule has 122 valence electrons. The second kappa shape index (κ2) is 6.86. The molecule has 1 N–H and O–H groups in total. The molecule has 0 spiro atoms. The summed E-state index contributed by atoms with van der Waals surface area (Å²) in [5.41, 5.74) is 1.19. The van der Waals surface area contributed by atoms with Gasteiger partial charge in [0.05, 0.1) is 25.0 Å². The lowest BCUT2D eigenvalue weighted by Gasteiger charge is -2.11. The molecule has 0 amide bonds. The highest BCUT2D eigenvalue weighted by Gasteiger charge is 2.31. The van der Waals surface area contributed by atoms with Crippen LogP contribution in [0.2, 0.25) is 6.32 Å². The molecule has 0 saturated carbocycles. The van der Waals surface area contributed by atoms with E-state index >= 15 is 0 Å². The van der Waals surface area contributed by atoms with Crippen molar-refractivity contribution in [2.45, 2.75) is 19.2 Å². The normalized spacial score (nSPS) is 17.6. The summed E-state index contributed by atoms with van der Waals surface area (Å²) < 4.78 is 30.1. The number of hydrogen-bond donors (Lipinski definition) is 1. The van der Waals surface area contributed by atoms with Gasteiger partial charge in [0.25, 0.3) is 0 Å². The first kappa shape index (κ1) is 16.2. The van der Waals surface area contributed by atoms with Crippen molar-refractivity contribution in [3.05, 3.63) is 29.0 Å². The van der Waals surface area contributed by atoms with Crippen molar-refractivity contribution in [1.29, 1.82) is 0 Å². The minimum absolute atomic E-state index is 0.0441. The van der Waals surface area contributed by atoms with Gasteiger partial charge in [-0.2, -0.15) is 0 Å². The Hall–Kier alpha value is -1.64. The smallest absolute Gasteiger partial charge is 0.454 e. The number of hydrogen-bond acceptors (Lipinski definition) is 6. The maximum absolute atomic E-state index is 14.4. The van der Waals surface area contributed by atoms with E-state index in [0.29, 0.717) is 41.6 Å². The van der Waals surface area contributed by atoms with E-state index in [1.165, 1.54) is 24.5 Å². The lowest BCUT2D eigenvalue weighted by molar-refractivity contribution is 0.291. The van der Waals surface area contributed by atoms with E-state index in [0.717, 1.165) is 5.69 Å². The summed E-state index contributed by atoms with van der Waals surface area (Å²) >= 11 is 1.36. The Morgan fingerprint density at radius 1 is 1.48 bits per heavy atom. The zero-order valence-electron chi connectivity index (χ0n) is 12.9. The van der Waals surface area contributed by atoms with Crippen LogP contribution in [0.25, 0.3) is 10.6 Å². The zero-order valence-corrected chi connectivity index (χ0v) is 13.7. The third-order valence-electron chi connectivity index (χ3n) is 3.70. The average molecular weight is 337 g/mol. The number of rotatable bonds is 5. The van der Waals surface area contributed by atoms with Crippen molar-refractivity contribution in [2.24, 2.45) is 0 Å². The van der Waals surface area contributed by atoms with E-state index in [1.807, 2.05) is 12.3 Å². The molecule has 23 heavy (non-hydrogen) atoms. The Labute approximate surface area is 138 Å². The highest BCUT2D eigenvalue weighted by atomic mass is 32.1. The van der Waals surface area contributed by atoms with Crippen LogP contribution in [0, 0.1) is 5.82 Å². The number of halogens is 1. The molecule has 1 saturated heterocycles. The summed E-state index contributed by atoms with van der Waals surface area (Å²) in [6, 6.07) is 2.92. The summed E-state index contributed by atoms with van der Waals surface area (Å²) in [7, 11) is 0.733. The summed E-state index contributed by atoms with van der Waals surface area (Å²) in [6.45, 7) is 2.75. The summed E-state index contributed by atoms with van der Waals surface area (Å²) in [4.78, 5) is 4.51. The lowest BCUT2D eigenvalue weighted by atomic mass is 9.81. The third kappa shape index (κ3) is 3.34. The fourth-order valence-electron chi connectivity index (χ4n) is 2.54. The molecule has 2 aromatic rings. The van der Waals surface area contributed by atoms with Crippen LogP contribution in [-0.2, 0) is 4.65 Å². The molecular formula is C15H17BFNO4S. The largest absolute Gasteiger partial charge is 0.493 e. The van der Waals surface area contributed by atoms with Crippen molar-refractivity contribution in [2.75, 3.05) is 20.3 Å². The first-order valence-corrected chi connectivity index (χ1v) is 8.26. The number of ether oxygens (including phenoxy) is 2. The number of nitrogens with zero attached hydrogens (tertiary/aromatic N) is 1. The van der Waals surface area contributed by atoms with Crippen LogP contribution in [-0.4, -0.2) is 37.4 Å². The number of benzene rings is 1. The molecule has 2 heterocycles. The van der Waals surface area contributed by atoms with Crippen LogP contribution in [0.3, 0.4) is 0 Å². The number of thiazole rings is 1. The molecule has 1 aromatic carbocycles. The molecule has 3 rings (SSSR count). The third-order valence-corrected chi connectivity index (χ3v) is 4.59. The molecule has 1 aromatic heterocycles. The molecule has 0 radical (unpaired) electrons. The van der Waals surface area contributed by atoms with E-state index in [1.54, 1.807) is 6.07 Å². The minimum atomic E-state index is -0.743. The maximum atomic E-state index is 14.4. The first-order valence-electron chi connectivity index (χ1n) is 7.38. The van der Waals surface area contributed by atoms with Crippen LogP contribution >= 0.6 is 11.3 Å².